The first-order chi connectivity index (χ1) is 12.8. The summed E-state index contributed by atoms with van der Waals surface area (Å²) < 4.78 is 4.04. The van der Waals surface area contributed by atoms with Gasteiger partial charge in [0.1, 0.15) is 5.69 Å². The van der Waals surface area contributed by atoms with Gasteiger partial charge in [-0.05, 0) is 31.0 Å². The average molecular weight is 345 g/mol. The molecular formula is C20H19N5O. The largest absolute Gasteiger partial charge is 0.342 e. The van der Waals surface area contributed by atoms with Crippen LogP contribution in [0, 0.1) is 0 Å². The van der Waals surface area contributed by atoms with Crippen LogP contribution in [-0.4, -0.2) is 43.0 Å². The Labute approximate surface area is 150 Å². The zero-order valence-electron chi connectivity index (χ0n) is 14.6. The molecule has 0 radical (unpaired) electrons. The first kappa shape index (κ1) is 15.1. The van der Waals surface area contributed by atoms with Crippen LogP contribution in [0.15, 0.2) is 48.8 Å². The third-order valence-electron chi connectivity index (χ3n) is 5.23. The van der Waals surface area contributed by atoms with Crippen LogP contribution < -0.4 is 0 Å². The molecule has 0 spiro atoms. The minimum Gasteiger partial charge on any atom is -0.342 e. The van der Waals surface area contributed by atoms with Crippen molar-refractivity contribution in [2.45, 2.75) is 12.8 Å². The number of nitrogens with zero attached hydrogens (tertiary/aromatic N) is 5. The van der Waals surface area contributed by atoms with Crippen LogP contribution in [0.4, 0.5) is 0 Å². The van der Waals surface area contributed by atoms with Crippen molar-refractivity contribution in [2.24, 2.45) is 7.05 Å². The van der Waals surface area contributed by atoms with Gasteiger partial charge in [-0.15, -0.1) is 0 Å². The first-order valence-corrected chi connectivity index (χ1v) is 8.91. The van der Waals surface area contributed by atoms with Gasteiger partial charge in [0.25, 0.3) is 5.91 Å². The average Bonchev–Trinajstić information content (AvgIpc) is 3.40. The van der Waals surface area contributed by atoms with Crippen LogP contribution in [0.25, 0.3) is 27.9 Å². The molecule has 0 unspecified atom stereocenters. The van der Waals surface area contributed by atoms with E-state index in [1.54, 1.807) is 18.5 Å². The molecule has 1 aliphatic heterocycles. The number of hydrogen-bond acceptors (Lipinski definition) is 3. The van der Waals surface area contributed by atoms with Gasteiger partial charge in [-0.3, -0.25) is 9.36 Å². The Morgan fingerprint density at radius 3 is 2.50 bits per heavy atom. The van der Waals surface area contributed by atoms with Crippen molar-refractivity contribution in [3.05, 3.63) is 54.5 Å². The van der Waals surface area contributed by atoms with Gasteiger partial charge in [-0.25, -0.2) is 9.97 Å². The van der Waals surface area contributed by atoms with Gasteiger partial charge in [0.2, 0.25) is 5.95 Å². The second-order valence-electron chi connectivity index (χ2n) is 6.72. The summed E-state index contributed by atoms with van der Waals surface area (Å²) >= 11 is 0. The van der Waals surface area contributed by atoms with Gasteiger partial charge in [-0.2, -0.15) is 0 Å². The lowest BCUT2D eigenvalue weighted by Gasteiger charge is -2.16. The molecule has 130 valence electrons. The Hall–Kier alpha value is -3.15. The predicted octanol–water partition coefficient (Wildman–Crippen LogP) is 3.15. The van der Waals surface area contributed by atoms with Gasteiger partial charge >= 0.3 is 0 Å². The predicted molar refractivity (Wildman–Crippen MR) is 100 cm³/mol. The highest BCUT2D eigenvalue weighted by Crippen LogP contribution is 2.33. The maximum Gasteiger partial charge on any atom is 0.271 e. The Morgan fingerprint density at radius 1 is 1.00 bits per heavy atom. The van der Waals surface area contributed by atoms with Gasteiger partial charge < -0.3 is 9.47 Å². The zero-order chi connectivity index (χ0) is 17.7. The summed E-state index contributed by atoms with van der Waals surface area (Å²) in [7, 11) is 2.03. The number of para-hydroxylation sites is 1. The molecule has 1 amide bonds. The van der Waals surface area contributed by atoms with Crippen molar-refractivity contribution >= 4 is 27.8 Å². The van der Waals surface area contributed by atoms with Crippen LogP contribution >= 0.6 is 0 Å². The Kier molecular flexibility index (Phi) is 3.31. The van der Waals surface area contributed by atoms with E-state index in [2.05, 4.69) is 26.7 Å². The van der Waals surface area contributed by atoms with Gasteiger partial charge in [0.15, 0.2) is 0 Å². The maximum absolute atomic E-state index is 13.2. The zero-order valence-corrected chi connectivity index (χ0v) is 14.6. The molecule has 0 bridgehead atoms. The number of likely N-dealkylation sites (tertiary alicyclic amines) is 1. The fraction of sp³-hybridized carbons (Fsp3) is 0.250. The van der Waals surface area contributed by atoms with Crippen molar-refractivity contribution in [1.29, 1.82) is 0 Å². The molecule has 3 aromatic heterocycles. The van der Waals surface area contributed by atoms with E-state index in [1.165, 1.54) is 0 Å². The number of aryl methyl sites for hydroxylation is 1. The van der Waals surface area contributed by atoms with Crippen LogP contribution in [0.2, 0.25) is 0 Å². The third-order valence-corrected chi connectivity index (χ3v) is 5.23. The number of rotatable bonds is 2. The number of hydrogen-bond donors (Lipinski definition) is 0. The number of amides is 1. The molecule has 4 aromatic rings. The van der Waals surface area contributed by atoms with Crippen molar-refractivity contribution in [2.75, 3.05) is 13.1 Å². The second kappa shape index (κ2) is 5.69. The molecule has 1 aromatic carbocycles. The van der Waals surface area contributed by atoms with Gasteiger partial charge in [-0.1, -0.05) is 18.2 Å². The lowest BCUT2D eigenvalue weighted by atomic mass is 10.2. The lowest BCUT2D eigenvalue weighted by molar-refractivity contribution is 0.0785. The minimum atomic E-state index is 0.0511. The van der Waals surface area contributed by atoms with E-state index < -0.39 is 0 Å². The molecule has 4 heterocycles. The number of aromatic nitrogens is 4. The molecule has 26 heavy (non-hydrogen) atoms. The normalized spacial score (nSPS) is 14.6. The Morgan fingerprint density at radius 2 is 1.73 bits per heavy atom. The minimum absolute atomic E-state index is 0.0511. The summed E-state index contributed by atoms with van der Waals surface area (Å²) in [6.07, 6.45) is 5.56. The number of fused-ring (bicyclic) bond motifs is 3. The van der Waals surface area contributed by atoms with Crippen molar-refractivity contribution in [3.63, 3.8) is 0 Å². The van der Waals surface area contributed by atoms with E-state index >= 15 is 0 Å². The molecule has 0 N–H and O–H groups in total. The summed E-state index contributed by atoms with van der Waals surface area (Å²) in [5.41, 5.74) is 3.75. The fourth-order valence-corrected chi connectivity index (χ4v) is 3.96. The molecule has 0 aliphatic carbocycles. The maximum atomic E-state index is 13.2. The Balaban J connectivity index is 1.85. The first-order valence-electron chi connectivity index (χ1n) is 8.91. The molecule has 0 atom stereocenters. The molecular weight excluding hydrogens is 326 g/mol. The lowest BCUT2D eigenvalue weighted by Crippen LogP contribution is -2.29. The number of carbonyl (C=O) groups excluding carboxylic acids is 1. The van der Waals surface area contributed by atoms with Crippen molar-refractivity contribution in [1.82, 2.24) is 24.0 Å². The molecule has 6 nitrogen and oxygen atoms in total. The summed E-state index contributed by atoms with van der Waals surface area (Å²) in [5.74, 6) is 0.580. The highest BCUT2D eigenvalue weighted by Gasteiger charge is 2.27. The van der Waals surface area contributed by atoms with Crippen LogP contribution in [-0.2, 0) is 7.05 Å². The molecule has 1 saturated heterocycles. The van der Waals surface area contributed by atoms with E-state index in [4.69, 9.17) is 0 Å². The summed E-state index contributed by atoms with van der Waals surface area (Å²) in [6, 6.07) is 12.0. The fourth-order valence-electron chi connectivity index (χ4n) is 3.96. The van der Waals surface area contributed by atoms with E-state index in [1.807, 2.05) is 34.7 Å². The van der Waals surface area contributed by atoms with E-state index in [0.29, 0.717) is 11.6 Å². The van der Waals surface area contributed by atoms with Gasteiger partial charge in [0, 0.05) is 37.9 Å². The molecule has 5 rings (SSSR count). The topological polar surface area (TPSA) is 56.0 Å². The highest BCUT2D eigenvalue weighted by molar-refractivity contribution is 6.10. The number of benzene rings is 1. The van der Waals surface area contributed by atoms with Crippen molar-refractivity contribution < 1.29 is 4.79 Å². The quantitative estimate of drug-likeness (QED) is 0.561. The van der Waals surface area contributed by atoms with E-state index in [0.717, 1.165) is 47.9 Å². The third kappa shape index (κ3) is 2.08. The smallest absolute Gasteiger partial charge is 0.271 e. The molecule has 0 saturated carbocycles. The molecule has 1 aliphatic rings. The SMILES string of the molecule is Cn1c2ccccc2c2c1cc(C(=O)N1CCCC1)n2-c1ncccn1. The standard InChI is InChI=1S/C20H19N5O/c1-23-15-8-3-2-7-14(15)18-16(23)13-17(19(26)24-11-4-5-12-24)25(18)20-21-9-6-10-22-20/h2-3,6-10,13H,4-5,11-12H2,1H3. The van der Waals surface area contributed by atoms with Gasteiger partial charge in [0.05, 0.1) is 16.6 Å². The molecule has 1 fully saturated rings. The van der Waals surface area contributed by atoms with E-state index in [9.17, 15) is 4.79 Å². The second-order valence-corrected chi connectivity index (χ2v) is 6.72. The van der Waals surface area contributed by atoms with Crippen molar-refractivity contribution in [3.8, 4) is 5.95 Å². The molecule has 6 heteroatoms. The Bertz CT molecular complexity index is 1120. The number of carbonyl (C=O) groups is 1. The summed E-state index contributed by atoms with van der Waals surface area (Å²) in [4.78, 5) is 24.0. The highest BCUT2D eigenvalue weighted by atomic mass is 16.2. The summed E-state index contributed by atoms with van der Waals surface area (Å²) in [5, 5.41) is 1.10. The summed E-state index contributed by atoms with van der Waals surface area (Å²) in [6.45, 7) is 1.63. The van der Waals surface area contributed by atoms with Crippen LogP contribution in [0.3, 0.4) is 0 Å². The van der Waals surface area contributed by atoms with E-state index in [-0.39, 0.29) is 5.91 Å². The van der Waals surface area contributed by atoms with Crippen LogP contribution in [0.1, 0.15) is 23.3 Å². The monoisotopic (exact) mass is 345 g/mol. The van der Waals surface area contributed by atoms with Crippen LogP contribution in [0.5, 0.6) is 0 Å².